The molecule has 0 saturated heterocycles. The lowest BCUT2D eigenvalue weighted by Crippen LogP contribution is -2.37. The predicted molar refractivity (Wildman–Crippen MR) is 139 cm³/mol. The van der Waals surface area contributed by atoms with E-state index in [2.05, 4.69) is 10.2 Å². The Morgan fingerprint density at radius 2 is 1.61 bits per heavy atom. The first-order valence-corrected chi connectivity index (χ1v) is 12.8. The molecule has 0 spiro atoms. The molecule has 2 aromatic rings. The number of carbonyl (C=O) groups excluding carboxylic acids is 3. The van der Waals surface area contributed by atoms with Crippen LogP contribution in [-0.4, -0.2) is 36.0 Å². The van der Waals surface area contributed by atoms with Gasteiger partial charge in [-0.15, -0.1) is 0 Å². The molecule has 5 rings (SSSR count). The summed E-state index contributed by atoms with van der Waals surface area (Å²) in [4.78, 5) is 41.2. The number of nitrogens with one attached hydrogen (secondary N) is 1. The highest BCUT2D eigenvalue weighted by Gasteiger charge is 2.43. The van der Waals surface area contributed by atoms with Crippen LogP contribution in [0.2, 0.25) is 10.0 Å². The van der Waals surface area contributed by atoms with E-state index >= 15 is 0 Å². The molecule has 0 radical (unpaired) electrons. The minimum atomic E-state index is -0.563. The summed E-state index contributed by atoms with van der Waals surface area (Å²) in [5, 5.41) is 3.64. The molecule has 0 bridgehead atoms. The lowest BCUT2D eigenvalue weighted by atomic mass is 9.71. The van der Waals surface area contributed by atoms with Gasteiger partial charge in [0.05, 0.1) is 10.7 Å². The lowest BCUT2D eigenvalue weighted by molar-refractivity contribution is -0.119. The van der Waals surface area contributed by atoms with Crippen LogP contribution in [0.5, 0.6) is 5.75 Å². The van der Waals surface area contributed by atoms with E-state index in [-0.39, 0.29) is 24.1 Å². The second-order valence-electron chi connectivity index (χ2n) is 9.27. The molecule has 1 aliphatic heterocycles. The quantitative estimate of drug-likeness (QED) is 0.514. The Balaban J connectivity index is 1.52. The molecule has 1 amide bonds. The third-order valence-electron chi connectivity index (χ3n) is 7.03. The summed E-state index contributed by atoms with van der Waals surface area (Å²) >= 11 is 12.6. The van der Waals surface area contributed by atoms with Crippen LogP contribution in [0.25, 0.3) is 0 Å². The van der Waals surface area contributed by atoms with E-state index in [0.717, 1.165) is 37.1 Å². The molecule has 8 heteroatoms. The fourth-order valence-electron chi connectivity index (χ4n) is 5.43. The first-order valence-electron chi connectivity index (χ1n) is 12.1. The van der Waals surface area contributed by atoms with Crippen molar-refractivity contribution < 1.29 is 19.1 Å². The maximum atomic E-state index is 13.3. The fraction of sp³-hybridized carbons (Fsp3) is 0.321. The van der Waals surface area contributed by atoms with Gasteiger partial charge in [-0.05, 0) is 56.0 Å². The minimum absolute atomic E-state index is 0.0420. The van der Waals surface area contributed by atoms with Crippen molar-refractivity contribution in [3.05, 3.63) is 80.6 Å². The number of allylic oxidation sites excluding steroid dienone is 4. The molecule has 3 aliphatic rings. The van der Waals surface area contributed by atoms with E-state index in [0.29, 0.717) is 51.0 Å². The highest BCUT2D eigenvalue weighted by atomic mass is 35.5. The maximum absolute atomic E-state index is 13.3. The zero-order valence-electron chi connectivity index (χ0n) is 19.9. The largest absolute Gasteiger partial charge is 0.483 e. The number of hydrogen-bond donors (Lipinski definition) is 1. The number of carbonyl (C=O) groups is 3. The molecule has 2 aliphatic carbocycles. The smallest absolute Gasteiger partial charge is 0.262 e. The number of nitrogens with zero attached hydrogens (tertiary/aromatic N) is 1. The number of anilines is 1. The third-order valence-corrected chi connectivity index (χ3v) is 7.60. The van der Waals surface area contributed by atoms with Crippen LogP contribution in [-0.2, 0) is 14.4 Å². The van der Waals surface area contributed by atoms with E-state index in [1.807, 2.05) is 7.05 Å². The molecule has 1 N–H and O–H groups in total. The normalized spacial score (nSPS) is 18.2. The number of Topliss-reactive ketones (excluding diaryl/α,β-unsaturated/α-hetero) is 2. The van der Waals surface area contributed by atoms with Gasteiger partial charge in [-0.25, -0.2) is 0 Å². The fourth-order valence-corrected chi connectivity index (χ4v) is 5.80. The Kier molecular flexibility index (Phi) is 6.91. The molecular weight excluding hydrogens is 499 g/mol. The van der Waals surface area contributed by atoms with Gasteiger partial charge in [-0.2, -0.15) is 0 Å². The second-order valence-corrected chi connectivity index (χ2v) is 10.1. The predicted octanol–water partition coefficient (Wildman–Crippen LogP) is 6.05. The van der Waals surface area contributed by atoms with Gasteiger partial charge in [-0.3, -0.25) is 14.4 Å². The molecule has 1 heterocycles. The van der Waals surface area contributed by atoms with Crippen LogP contribution < -0.4 is 10.1 Å². The van der Waals surface area contributed by atoms with E-state index in [4.69, 9.17) is 27.9 Å². The number of hydrogen-bond acceptors (Lipinski definition) is 5. The molecule has 0 unspecified atom stereocenters. The van der Waals surface area contributed by atoms with Crippen molar-refractivity contribution in [2.45, 2.75) is 44.4 Å². The van der Waals surface area contributed by atoms with Crippen LogP contribution in [0.15, 0.2) is 65.0 Å². The van der Waals surface area contributed by atoms with Crippen molar-refractivity contribution in [2.75, 3.05) is 19.0 Å². The van der Waals surface area contributed by atoms with Gasteiger partial charge < -0.3 is 15.0 Å². The van der Waals surface area contributed by atoms with Crippen LogP contribution in [0.3, 0.4) is 0 Å². The number of rotatable bonds is 5. The Morgan fingerprint density at radius 3 is 2.25 bits per heavy atom. The van der Waals surface area contributed by atoms with Crippen molar-refractivity contribution in [3.63, 3.8) is 0 Å². The van der Waals surface area contributed by atoms with Gasteiger partial charge in [0.1, 0.15) is 5.75 Å². The van der Waals surface area contributed by atoms with E-state index in [1.54, 1.807) is 42.5 Å². The molecule has 0 atom stereocenters. The summed E-state index contributed by atoms with van der Waals surface area (Å²) in [6, 6.07) is 12.1. The summed E-state index contributed by atoms with van der Waals surface area (Å²) in [5.41, 5.74) is 4.34. The summed E-state index contributed by atoms with van der Waals surface area (Å²) in [6.07, 6.45) is 4.00. The standard InChI is InChI=1S/C28H26Cl2N2O4/c1-32-20-8-4-10-22(33)27(20)26(28-21(32)9-5-11-23(28)34)17-14-16(29)12-13-24(17)36-15-25(35)31-19-7-3-2-6-18(19)30/h2-3,6-7,12-14,26H,4-5,8-11,15H2,1H3,(H,31,35). The number of para-hydroxylation sites is 1. The van der Waals surface area contributed by atoms with Crippen molar-refractivity contribution in [2.24, 2.45) is 0 Å². The lowest BCUT2D eigenvalue weighted by Gasteiger charge is -2.42. The van der Waals surface area contributed by atoms with Gasteiger partial charge in [0, 0.05) is 58.9 Å². The molecule has 0 fully saturated rings. The number of amides is 1. The first kappa shape index (κ1) is 24.6. The second kappa shape index (κ2) is 10.1. The Hall–Kier alpha value is -3.09. The Bertz CT molecular complexity index is 1290. The van der Waals surface area contributed by atoms with Gasteiger partial charge in [0.25, 0.3) is 5.91 Å². The van der Waals surface area contributed by atoms with Crippen molar-refractivity contribution in [1.82, 2.24) is 4.90 Å². The number of halogens is 2. The highest BCUT2D eigenvalue weighted by Crippen LogP contribution is 2.50. The van der Waals surface area contributed by atoms with Crippen LogP contribution in [0.1, 0.15) is 50.0 Å². The monoisotopic (exact) mass is 524 g/mol. The molecule has 0 saturated carbocycles. The number of ether oxygens (including phenoxy) is 1. The molecule has 0 aromatic heterocycles. The van der Waals surface area contributed by atoms with Gasteiger partial charge in [-0.1, -0.05) is 35.3 Å². The van der Waals surface area contributed by atoms with E-state index in [1.165, 1.54) is 0 Å². The number of benzene rings is 2. The van der Waals surface area contributed by atoms with Crippen LogP contribution >= 0.6 is 23.2 Å². The van der Waals surface area contributed by atoms with E-state index in [9.17, 15) is 14.4 Å². The van der Waals surface area contributed by atoms with Crippen molar-refractivity contribution in [3.8, 4) is 5.75 Å². The Morgan fingerprint density at radius 1 is 0.972 bits per heavy atom. The molecular formula is C28H26Cl2N2O4. The van der Waals surface area contributed by atoms with Crippen LogP contribution in [0, 0.1) is 0 Å². The third kappa shape index (κ3) is 4.56. The van der Waals surface area contributed by atoms with E-state index < -0.39 is 5.92 Å². The minimum Gasteiger partial charge on any atom is -0.483 e. The van der Waals surface area contributed by atoms with Gasteiger partial charge >= 0.3 is 0 Å². The topological polar surface area (TPSA) is 75.7 Å². The highest BCUT2D eigenvalue weighted by molar-refractivity contribution is 6.33. The average Bonchev–Trinajstić information content (AvgIpc) is 2.86. The molecule has 186 valence electrons. The van der Waals surface area contributed by atoms with Crippen molar-refractivity contribution >= 4 is 46.4 Å². The van der Waals surface area contributed by atoms with Gasteiger partial charge in [0.2, 0.25) is 0 Å². The molecule has 6 nitrogen and oxygen atoms in total. The Labute approximate surface area is 219 Å². The van der Waals surface area contributed by atoms with Crippen molar-refractivity contribution in [1.29, 1.82) is 0 Å². The average molecular weight is 525 g/mol. The van der Waals surface area contributed by atoms with Crippen LogP contribution in [0.4, 0.5) is 5.69 Å². The molecule has 36 heavy (non-hydrogen) atoms. The summed E-state index contributed by atoms with van der Waals surface area (Å²) in [7, 11) is 1.95. The SMILES string of the molecule is CN1C2=C(C(=O)CCC2)C(c2cc(Cl)ccc2OCC(=O)Nc2ccccc2Cl)C2=C1CCCC2=O. The zero-order valence-corrected chi connectivity index (χ0v) is 21.4. The first-order chi connectivity index (χ1) is 17.3. The van der Waals surface area contributed by atoms with Gasteiger partial charge in [0.15, 0.2) is 18.2 Å². The summed E-state index contributed by atoms with van der Waals surface area (Å²) in [5.74, 6) is -0.443. The summed E-state index contributed by atoms with van der Waals surface area (Å²) in [6.45, 7) is -0.272. The maximum Gasteiger partial charge on any atom is 0.262 e. The number of ketones is 2. The summed E-state index contributed by atoms with van der Waals surface area (Å²) < 4.78 is 5.98. The molecule has 2 aromatic carbocycles. The zero-order chi connectivity index (χ0) is 25.4.